The summed E-state index contributed by atoms with van der Waals surface area (Å²) < 4.78 is 17.1. The Morgan fingerprint density at radius 2 is 1.81 bits per heavy atom. The molecule has 0 saturated heterocycles. The molecule has 1 aromatic carbocycles. The molecule has 0 spiro atoms. The van der Waals surface area contributed by atoms with Crippen LogP contribution in [0.1, 0.15) is 91.0 Å². The van der Waals surface area contributed by atoms with Crippen LogP contribution in [-0.4, -0.2) is 30.4 Å². The molecular weight excluding hydrogens is 458 g/mol. The molecule has 1 heterocycles. The topological polar surface area (TPSA) is 90.9 Å². The number of hydrogen-bond acceptors (Lipinski definition) is 7. The van der Waals surface area contributed by atoms with Crippen LogP contribution >= 0.6 is 0 Å². The number of hydrogen-bond donors (Lipinski definition) is 1. The third-order valence-electron chi connectivity index (χ3n) is 7.14. The molecule has 36 heavy (non-hydrogen) atoms. The molecule has 7 heteroatoms. The van der Waals surface area contributed by atoms with Gasteiger partial charge in [0.1, 0.15) is 6.10 Å². The van der Waals surface area contributed by atoms with Gasteiger partial charge in [-0.15, -0.1) is 0 Å². The molecule has 1 N–H and O–H groups in total. The minimum Gasteiger partial charge on any atom is -0.490 e. The summed E-state index contributed by atoms with van der Waals surface area (Å²) in [7, 11) is 0. The van der Waals surface area contributed by atoms with Crippen LogP contribution in [0.25, 0.3) is 0 Å². The van der Waals surface area contributed by atoms with E-state index in [0.717, 1.165) is 43.4 Å². The van der Waals surface area contributed by atoms with E-state index in [1.807, 2.05) is 13.8 Å². The Labute approximate surface area is 213 Å². The number of esters is 2. The van der Waals surface area contributed by atoms with Crippen molar-refractivity contribution in [1.29, 1.82) is 0 Å². The Kier molecular flexibility index (Phi) is 7.57. The van der Waals surface area contributed by atoms with E-state index in [1.165, 1.54) is 6.92 Å². The number of ether oxygens (including phenoxy) is 3. The van der Waals surface area contributed by atoms with E-state index >= 15 is 0 Å². The van der Waals surface area contributed by atoms with Crippen LogP contribution in [-0.2, 0) is 19.1 Å². The molecule has 0 radical (unpaired) electrons. The van der Waals surface area contributed by atoms with E-state index in [9.17, 15) is 14.4 Å². The Morgan fingerprint density at radius 1 is 1.08 bits per heavy atom. The molecule has 1 aliphatic heterocycles. The Bertz CT molecular complexity index is 1120. The van der Waals surface area contributed by atoms with E-state index in [2.05, 4.69) is 19.2 Å². The van der Waals surface area contributed by atoms with Crippen molar-refractivity contribution in [2.45, 2.75) is 91.6 Å². The number of rotatable bonds is 6. The highest BCUT2D eigenvalue weighted by Gasteiger charge is 2.43. The first-order chi connectivity index (χ1) is 17.1. The van der Waals surface area contributed by atoms with E-state index < -0.39 is 11.9 Å². The first kappa shape index (κ1) is 26.0. The Balaban J connectivity index is 1.80. The smallest absolute Gasteiger partial charge is 0.337 e. The standard InChI is InChI=1S/C29H37NO6/c1-6-34-24-14-19(12-13-23(24)35-18(3)31)26-25(28(33)36-20-10-8-7-9-11-20)17(2)30-21-15-29(4,5)16-22(32)27(21)26/h12-14,20,26,30H,6-11,15-16H2,1-5H3. The van der Waals surface area contributed by atoms with Crippen molar-refractivity contribution in [3.8, 4) is 11.5 Å². The van der Waals surface area contributed by atoms with Gasteiger partial charge in [-0.05, 0) is 69.1 Å². The number of carbonyl (C=O) groups is 3. The van der Waals surface area contributed by atoms with Crippen LogP contribution in [0, 0.1) is 5.41 Å². The zero-order valence-corrected chi connectivity index (χ0v) is 22.0. The van der Waals surface area contributed by atoms with Gasteiger partial charge in [0.15, 0.2) is 17.3 Å². The zero-order valence-electron chi connectivity index (χ0n) is 22.0. The molecule has 194 valence electrons. The van der Waals surface area contributed by atoms with E-state index in [0.29, 0.717) is 47.8 Å². The first-order valence-electron chi connectivity index (χ1n) is 13.0. The molecule has 0 aromatic heterocycles. The normalized spacial score (nSPS) is 22.0. The minimum absolute atomic E-state index is 0.0243. The molecule has 7 nitrogen and oxygen atoms in total. The molecule has 1 fully saturated rings. The van der Waals surface area contributed by atoms with Crippen molar-refractivity contribution < 1.29 is 28.6 Å². The fourth-order valence-corrected chi connectivity index (χ4v) is 5.65. The van der Waals surface area contributed by atoms with Crippen molar-refractivity contribution in [2.75, 3.05) is 6.61 Å². The summed E-state index contributed by atoms with van der Waals surface area (Å²) in [4.78, 5) is 38.8. The van der Waals surface area contributed by atoms with Gasteiger partial charge in [0.05, 0.1) is 12.2 Å². The van der Waals surface area contributed by atoms with Crippen LogP contribution in [0.3, 0.4) is 0 Å². The second-order valence-electron chi connectivity index (χ2n) is 10.8. The average molecular weight is 496 g/mol. The number of benzene rings is 1. The highest BCUT2D eigenvalue weighted by molar-refractivity contribution is 6.04. The average Bonchev–Trinajstić information content (AvgIpc) is 2.79. The molecule has 1 atom stereocenters. The summed E-state index contributed by atoms with van der Waals surface area (Å²) in [5.41, 5.74) is 3.17. The fraction of sp³-hybridized carbons (Fsp3) is 0.552. The molecule has 0 amide bonds. The maximum atomic E-state index is 13.6. The summed E-state index contributed by atoms with van der Waals surface area (Å²) in [5.74, 6) is -0.704. The lowest BCUT2D eigenvalue weighted by Crippen LogP contribution is -2.39. The summed E-state index contributed by atoms with van der Waals surface area (Å²) in [5, 5.41) is 3.39. The molecular formula is C29H37NO6. The van der Waals surface area contributed by atoms with E-state index in [-0.39, 0.29) is 23.3 Å². The molecule has 1 saturated carbocycles. The quantitative estimate of drug-likeness (QED) is 0.412. The third kappa shape index (κ3) is 5.50. The predicted molar refractivity (Wildman–Crippen MR) is 136 cm³/mol. The lowest BCUT2D eigenvalue weighted by atomic mass is 9.68. The van der Waals surface area contributed by atoms with Crippen molar-refractivity contribution >= 4 is 17.7 Å². The highest BCUT2D eigenvalue weighted by atomic mass is 16.6. The molecule has 0 bridgehead atoms. The van der Waals surface area contributed by atoms with Crippen molar-refractivity contribution in [3.63, 3.8) is 0 Å². The van der Waals surface area contributed by atoms with E-state index in [1.54, 1.807) is 18.2 Å². The number of carbonyl (C=O) groups excluding carboxylic acids is 3. The van der Waals surface area contributed by atoms with Crippen LogP contribution in [0.5, 0.6) is 11.5 Å². The Morgan fingerprint density at radius 3 is 2.47 bits per heavy atom. The van der Waals surface area contributed by atoms with Crippen LogP contribution < -0.4 is 14.8 Å². The number of dihydropyridines is 1. The van der Waals surface area contributed by atoms with Gasteiger partial charge in [-0.3, -0.25) is 9.59 Å². The Hall–Kier alpha value is -3.09. The maximum Gasteiger partial charge on any atom is 0.337 e. The largest absolute Gasteiger partial charge is 0.490 e. The summed E-state index contributed by atoms with van der Waals surface area (Å²) in [6.45, 7) is 9.59. The van der Waals surface area contributed by atoms with Gasteiger partial charge >= 0.3 is 11.9 Å². The van der Waals surface area contributed by atoms with Gasteiger partial charge in [0.2, 0.25) is 0 Å². The number of nitrogens with one attached hydrogen (secondary N) is 1. The lowest BCUT2D eigenvalue weighted by Gasteiger charge is -2.39. The SMILES string of the molecule is CCOc1cc(C2C(C(=O)OC3CCCCC3)=C(C)NC3=C2C(=O)CC(C)(C)C3)ccc1OC(C)=O. The number of Topliss-reactive ketones (excluding diaryl/α,β-unsaturated/α-hetero) is 1. The van der Waals surface area contributed by atoms with Gasteiger partial charge in [0, 0.05) is 36.2 Å². The highest BCUT2D eigenvalue weighted by Crippen LogP contribution is 2.48. The van der Waals surface area contributed by atoms with Gasteiger partial charge < -0.3 is 19.5 Å². The molecule has 1 aromatic rings. The van der Waals surface area contributed by atoms with Crippen molar-refractivity contribution in [3.05, 3.63) is 46.3 Å². The summed E-state index contributed by atoms with van der Waals surface area (Å²) >= 11 is 0. The molecule has 1 unspecified atom stereocenters. The molecule has 2 aliphatic carbocycles. The number of ketones is 1. The van der Waals surface area contributed by atoms with Crippen LogP contribution in [0.4, 0.5) is 0 Å². The minimum atomic E-state index is -0.591. The van der Waals surface area contributed by atoms with Gasteiger partial charge in [-0.2, -0.15) is 0 Å². The predicted octanol–water partition coefficient (Wildman–Crippen LogP) is 5.49. The van der Waals surface area contributed by atoms with Gasteiger partial charge in [-0.25, -0.2) is 4.79 Å². The van der Waals surface area contributed by atoms with Crippen molar-refractivity contribution in [1.82, 2.24) is 5.32 Å². The molecule has 3 aliphatic rings. The lowest BCUT2D eigenvalue weighted by molar-refractivity contribution is -0.146. The maximum absolute atomic E-state index is 13.6. The van der Waals surface area contributed by atoms with Crippen molar-refractivity contribution in [2.24, 2.45) is 5.41 Å². The van der Waals surface area contributed by atoms with Gasteiger partial charge in [0.25, 0.3) is 0 Å². The monoisotopic (exact) mass is 495 g/mol. The van der Waals surface area contributed by atoms with Gasteiger partial charge in [-0.1, -0.05) is 26.3 Å². The second kappa shape index (κ2) is 10.5. The first-order valence-corrected chi connectivity index (χ1v) is 13.0. The van der Waals surface area contributed by atoms with Crippen LogP contribution in [0.2, 0.25) is 0 Å². The summed E-state index contributed by atoms with van der Waals surface area (Å²) in [6, 6.07) is 5.24. The van der Waals surface area contributed by atoms with E-state index in [4.69, 9.17) is 14.2 Å². The molecule has 4 rings (SSSR count). The third-order valence-corrected chi connectivity index (χ3v) is 7.14. The zero-order chi connectivity index (χ0) is 26.0. The summed E-state index contributed by atoms with van der Waals surface area (Å²) in [6.07, 6.45) is 6.00. The van der Waals surface area contributed by atoms with Crippen LogP contribution in [0.15, 0.2) is 40.7 Å². The fourth-order valence-electron chi connectivity index (χ4n) is 5.65. The second-order valence-corrected chi connectivity index (χ2v) is 10.8. The number of allylic oxidation sites excluding steroid dienone is 3.